The number of aryl methyl sites for hydroxylation is 1. The van der Waals surface area contributed by atoms with Gasteiger partial charge in [0.05, 0.1) is 17.9 Å². The third kappa shape index (κ3) is 7.22. The number of hydrogen-bond acceptors (Lipinski definition) is 6. The van der Waals surface area contributed by atoms with Crippen LogP contribution in [0.1, 0.15) is 74.4 Å². The Morgan fingerprint density at radius 1 is 1.12 bits per heavy atom. The van der Waals surface area contributed by atoms with E-state index in [0.717, 1.165) is 43.8 Å². The third-order valence-corrected chi connectivity index (χ3v) is 11.7. The average molecular weight is 590 g/mol. The smallest absolute Gasteiger partial charge is 0.335 e. The van der Waals surface area contributed by atoms with Crippen LogP contribution in [0.3, 0.4) is 0 Å². The van der Waals surface area contributed by atoms with Crippen LogP contribution in [0, 0.1) is 11.8 Å². The van der Waals surface area contributed by atoms with Crippen molar-refractivity contribution in [2.75, 3.05) is 36.4 Å². The van der Waals surface area contributed by atoms with Crippen molar-refractivity contribution in [1.29, 1.82) is 0 Å². The van der Waals surface area contributed by atoms with Crippen LogP contribution in [-0.4, -0.2) is 61.8 Å². The van der Waals surface area contributed by atoms with Gasteiger partial charge in [0.1, 0.15) is 10.2 Å². The Bertz CT molecular complexity index is 1240. The van der Waals surface area contributed by atoms with Gasteiger partial charge in [0, 0.05) is 25.7 Å². The fraction of sp³-hybridized carbons (Fsp3) is 0.581. The van der Waals surface area contributed by atoms with Crippen LogP contribution in [0.2, 0.25) is 0 Å². The number of carboxylic acid groups (broad SMARTS) is 1. The Hall–Kier alpha value is -2.07. The van der Waals surface area contributed by atoms with E-state index in [1.165, 1.54) is 4.31 Å². The van der Waals surface area contributed by atoms with E-state index < -0.39 is 32.1 Å². The molecule has 2 fully saturated rings. The van der Waals surface area contributed by atoms with Gasteiger partial charge < -0.3 is 14.6 Å². The molecule has 0 saturated carbocycles. The summed E-state index contributed by atoms with van der Waals surface area (Å²) in [6.07, 6.45) is 3.28. The van der Waals surface area contributed by atoms with E-state index in [0.29, 0.717) is 30.1 Å². The van der Waals surface area contributed by atoms with Crippen LogP contribution in [0.25, 0.3) is 0 Å². The topological polar surface area (TPSA) is 93.1 Å². The lowest BCUT2D eigenvalue weighted by Gasteiger charge is -2.44. The summed E-state index contributed by atoms with van der Waals surface area (Å²) in [6.45, 7) is 9.95. The Kier molecular flexibility index (Phi) is 10.2. The zero-order valence-electron chi connectivity index (χ0n) is 24.0. The first kappa shape index (κ1) is 30.9. The monoisotopic (exact) mass is 589 g/mol. The number of anilines is 1. The van der Waals surface area contributed by atoms with E-state index in [9.17, 15) is 18.3 Å². The molecule has 2 saturated heterocycles. The first-order chi connectivity index (χ1) is 19.0. The predicted molar refractivity (Wildman–Crippen MR) is 162 cm³/mol. The predicted octanol–water partition coefficient (Wildman–Crippen LogP) is 6.19. The van der Waals surface area contributed by atoms with Crippen LogP contribution in [0.4, 0.5) is 5.69 Å². The van der Waals surface area contributed by atoms with Crippen molar-refractivity contribution in [1.82, 2.24) is 0 Å². The maximum Gasteiger partial charge on any atom is 0.335 e. The molecule has 0 amide bonds. The number of rotatable bonds is 11. The van der Waals surface area contributed by atoms with Gasteiger partial charge in [-0.25, -0.2) is 13.2 Å². The molecule has 0 aliphatic carbocycles. The van der Waals surface area contributed by atoms with Crippen LogP contribution < -0.4 is 4.31 Å². The molecular formula is C31H43NO6S2. The number of hydrogen-bond donors (Lipinski definition) is 1. The fourth-order valence-electron chi connectivity index (χ4n) is 5.64. The van der Waals surface area contributed by atoms with Crippen molar-refractivity contribution in [3.8, 4) is 0 Å². The molecule has 0 aromatic heterocycles. The van der Waals surface area contributed by atoms with Crippen molar-refractivity contribution in [2.45, 2.75) is 69.5 Å². The summed E-state index contributed by atoms with van der Waals surface area (Å²) in [7, 11) is -3.93. The molecule has 2 aromatic rings. The SMILES string of the molecule is CCc1ccc(N(CC(C)C)S(=O)(=O)C2COC(C)(SCC3CCOCC3)CC2c2ccccc2C(=O)O)cc1. The average Bonchev–Trinajstić information content (AvgIpc) is 2.95. The van der Waals surface area contributed by atoms with Crippen LogP contribution in [0.15, 0.2) is 48.5 Å². The highest BCUT2D eigenvalue weighted by molar-refractivity contribution is 8.00. The van der Waals surface area contributed by atoms with Crippen molar-refractivity contribution < 1.29 is 27.8 Å². The number of sulfonamides is 1. The zero-order chi connectivity index (χ0) is 28.9. The lowest BCUT2D eigenvalue weighted by atomic mass is 9.85. The maximum atomic E-state index is 14.5. The minimum atomic E-state index is -3.93. The molecule has 0 spiro atoms. The number of benzene rings is 2. The molecule has 9 heteroatoms. The molecular weight excluding hydrogens is 546 g/mol. The van der Waals surface area contributed by atoms with Crippen molar-refractivity contribution in [3.63, 3.8) is 0 Å². The maximum absolute atomic E-state index is 14.5. The number of carbonyl (C=O) groups is 1. The summed E-state index contributed by atoms with van der Waals surface area (Å²) in [5, 5.41) is 9.11. The molecule has 7 nitrogen and oxygen atoms in total. The van der Waals surface area contributed by atoms with Crippen LogP contribution in [0.5, 0.6) is 0 Å². The van der Waals surface area contributed by atoms with E-state index in [4.69, 9.17) is 9.47 Å². The Morgan fingerprint density at radius 2 is 1.80 bits per heavy atom. The van der Waals surface area contributed by atoms with Crippen LogP contribution >= 0.6 is 11.8 Å². The molecule has 0 radical (unpaired) electrons. The number of aromatic carboxylic acids is 1. The van der Waals surface area contributed by atoms with Gasteiger partial charge >= 0.3 is 5.97 Å². The van der Waals surface area contributed by atoms with E-state index in [1.54, 1.807) is 36.0 Å². The summed E-state index contributed by atoms with van der Waals surface area (Å²) in [5.74, 6) is -0.0756. The lowest BCUT2D eigenvalue weighted by molar-refractivity contribution is -0.00537. The van der Waals surface area contributed by atoms with Gasteiger partial charge in [0.2, 0.25) is 10.0 Å². The van der Waals surface area contributed by atoms with Crippen molar-refractivity contribution >= 4 is 33.4 Å². The minimum Gasteiger partial charge on any atom is -0.478 e. The first-order valence-corrected chi connectivity index (χ1v) is 16.8. The Labute approximate surface area is 243 Å². The normalized spacial score (nSPS) is 24.2. The van der Waals surface area contributed by atoms with Gasteiger partial charge in [-0.3, -0.25) is 4.31 Å². The van der Waals surface area contributed by atoms with Gasteiger partial charge in [-0.05, 0) is 79.5 Å². The Morgan fingerprint density at radius 3 is 2.42 bits per heavy atom. The lowest BCUT2D eigenvalue weighted by Crippen LogP contribution is -2.51. The molecule has 40 heavy (non-hydrogen) atoms. The van der Waals surface area contributed by atoms with E-state index in [1.807, 2.05) is 45.0 Å². The highest BCUT2D eigenvalue weighted by Crippen LogP contribution is 2.47. The third-order valence-electron chi connectivity index (χ3n) is 8.00. The second-order valence-electron chi connectivity index (χ2n) is 11.5. The summed E-state index contributed by atoms with van der Waals surface area (Å²) in [6, 6.07) is 14.5. The molecule has 2 aliphatic heterocycles. The number of nitrogens with zero attached hydrogens (tertiary/aromatic N) is 1. The second kappa shape index (κ2) is 13.3. The van der Waals surface area contributed by atoms with Gasteiger partial charge in [-0.2, -0.15) is 0 Å². The van der Waals surface area contributed by atoms with E-state index in [2.05, 4.69) is 6.92 Å². The molecule has 2 aromatic carbocycles. The van der Waals surface area contributed by atoms with Crippen molar-refractivity contribution in [2.24, 2.45) is 11.8 Å². The molecule has 4 rings (SSSR count). The van der Waals surface area contributed by atoms with Gasteiger partial charge in [0.15, 0.2) is 0 Å². The van der Waals surface area contributed by atoms with Crippen LogP contribution in [-0.2, 0) is 25.9 Å². The number of carboxylic acids is 1. The van der Waals surface area contributed by atoms with Gasteiger partial charge in [0.25, 0.3) is 0 Å². The molecule has 1 N–H and O–H groups in total. The minimum absolute atomic E-state index is 0.000129. The van der Waals surface area contributed by atoms with Gasteiger partial charge in [-0.15, -0.1) is 11.8 Å². The number of ether oxygens (including phenoxy) is 2. The molecule has 3 atom stereocenters. The molecule has 0 bridgehead atoms. The summed E-state index contributed by atoms with van der Waals surface area (Å²) in [5.41, 5.74) is 2.46. The zero-order valence-corrected chi connectivity index (χ0v) is 25.7. The summed E-state index contributed by atoms with van der Waals surface area (Å²) in [4.78, 5) is 11.6. The summed E-state index contributed by atoms with van der Waals surface area (Å²) < 4.78 is 42.5. The molecule has 2 heterocycles. The largest absolute Gasteiger partial charge is 0.478 e. The molecule has 220 valence electrons. The second-order valence-corrected chi connectivity index (χ2v) is 15.1. The van der Waals surface area contributed by atoms with Gasteiger partial charge in [-0.1, -0.05) is 51.1 Å². The fourth-order valence-corrected chi connectivity index (χ4v) is 9.16. The van der Waals surface area contributed by atoms with E-state index in [-0.39, 0.29) is 18.1 Å². The Balaban J connectivity index is 1.71. The molecule has 2 aliphatic rings. The molecule has 3 unspecified atom stereocenters. The highest BCUT2D eigenvalue weighted by atomic mass is 32.2. The van der Waals surface area contributed by atoms with E-state index >= 15 is 0 Å². The quantitative estimate of drug-likeness (QED) is 0.334. The highest BCUT2D eigenvalue weighted by Gasteiger charge is 2.48. The number of thioether (sulfide) groups is 1. The first-order valence-electron chi connectivity index (χ1n) is 14.3. The summed E-state index contributed by atoms with van der Waals surface area (Å²) >= 11 is 1.72. The standard InChI is InChI=1S/C31H43NO6S2/c1-5-23-10-12-25(13-11-23)32(19-22(2)3)40(35,36)29-20-38-31(4,39-21-24-14-16-37-17-15-24)18-28(29)26-8-6-7-9-27(26)30(33)34/h6-13,22,24,28-29H,5,14-21H2,1-4H3,(H,33,34). The van der Waals surface area contributed by atoms with Crippen molar-refractivity contribution in [3.05, 3.63) is 65.2 Å².